The molecular weight excluding hydrogens is 341 g/mol. The topological polar surface area (TPSA) is 70.4 Å². The van der Waals surface area contributed by atoms with Crippen molar-refractivity contribution >= 4 is 21.6 Å². The first-order valence-electron chi connectivity index (χ1n) is 6.20. The quantitative estimate of drug-likeness (QED) is 0.745. The number of aromatic hydroxyl groups is 1. The maximum absolute atomic E-state index is 12.9. The van der Waals surface area contributed by atoms with E-state index in [1.54, 1.807) is 19.1 Å². The Bertz CT molecular complexity index is 884. The van der Waals surface area contributed by atoms with Crippen molar-refractivity contribution in [3.05, 3.63) is 61.7 Å². The van der Waals surface area contributed by atoms with Crippen molar-refractivity contribution in [1.82, 2.24) is 14.6 Å². The van der Waals surface area contributed by atoms with Crippen molar-refractivity contribution in [2.75, 3.05) is 0 Å². The van der Waals surface area contributed by atoms with Crippen LogP contribution in [0, 0.1) is 12.7 Å². The SMILES string of the molecule is Cc1nn2c(O)c(Cc3ccc(F)cc3)c(=O)[nH]c2c1Br. The average Bonchev–Trinajstić information content (AvgIpc) is 2.74. The fourth-order valence-electron chi connectivity index (χ4n) is 2.15. The Hall–Kier alpha value is -2.15. The minimum atomic E-state index is -0.398. The van der Waals surface area contributed by atoms with E-state index in [4.69, 9.17) is 0 Å². The highest BCUT2D eigenvalue weighted by atomic mass is 79.9. The summed E-state index contributed by atoms with van der Waals surface area (Å²) in [7, 11) is 0. The van der Waals surface area contributed by atoms with Crippen LogP contribution >= 0.6 is 15.9 Å². The van der Waals surface area contributed by atoms with E-state index in [-0.39, 0.29) is 23.7 Å². The van der Waals surface area contributed by atoms with Gasteiger partial charge in [-0.15, -0.1) is 0 Å². The number of hydrogen-bond acceptors (Lipinski definition) is 3. The molecule has 0 aliphatic carbocycles. The van der Waals surface area contributed by atoms with Crippen LogP contribution in [-0.2, 0) is 6.42 Å². The molecule has 7 heteroatoms. The third-order valence-corrected chi connectivity index (χ3v) is 4.21. The second kappa shape index (κ2) is 5.00. The second-order valence-electron chi connectivity index (χ2n) is 4.72. The van der Waals surface area contributed by atoms with Gasteiger partial charge in [-0.3, -0.25) is 4.79 Å². The van der Waals surface area contributed by atoms with Crippen molar-refractivity contribution in [3.8, 4) is 5.88 Å². The number of nitrogens with zero attached hydrogens (tertiary/aromatic N) is 2. The third-order valence-electron chi connectivity index (χ3n) is 3.26. The Morgan fingerprint density at radius 3 is 2.71 bits per heavy atom. The molecule has 108 valence electrons. The molecule has 1 aromatic carbocycles. The number of benzene rings is 1. The first kappa shape index (κ1) is 13.8. The predicted molar refractivity (Wildman–Crippen MR) is 79.1 cm³/mol. The van der Waals surface area contributed by atoms with Gasteiger partial charge in [-0.1, -0.05) is 12.1 Å². The molecule has 0 unspecified atom stereocenters. The van der Waals surface area contributed by atoms with Crippen LogP contribution in [0.2, 0.25) is 0 Å². The molecule has 21 heavy (non-hydrogen) atoms. The molecule has 2 aromatic heterocycles. The van der Waals surface area contributed by atoms with Gasteiger partial charge in [-0.2, -0.15) is 9.61 Å². The highest BCUT2D eigenvalue weighted by molar-refractivity contribution is 9.10. The van der Waals surface area contributed by atoms with Gasteiger partial charge in [0.05, 0.1) is 15.7 Å². The lowest BCUT2D eigenvalue weighted by Crippen LogP contribution is -2.16. The van der Waals surface area contributed by atoms with Gasteiger partial charge in [-0.05, 0) is 40.5 Å². The lowest BCUT2D eigenvalue weighted by atomic mass is 10.1. The minimum Gasteiger partial charge on any atom is -0.493 e. The first-order valence-corrected chi connectivity index (χ1v) is 7.00. The van der Waals surface area contributed by atoms with Crippen molar-refractivity contribution in [2.45, 2.75) is 13.3 Å². The number of fused-ring (bicyclic) bond motifs is 1. The number of aryl methyl sites for hydroxylation is 1. The van der Waals surface area contributed by atoms with E-state index in [9.17, 15) is 14.3 Å². The van der Waals surface area contributed by atoms with Crippen LogP contribution < -0.4 is 5.56 Å². The summed E-state index contributed by atoms with van der Waals surface area (Å²) >= 11 is 3.31. The molecule has 0 bridgehead atoms. The minimum absolute atomic E-state index is 0.184. The van der Waals surface area contributed by atoms with Gasteiger partial charge in [-0.25, -0.2) is 4.39 Å². The Morgan fingerprint density at radius 1 is 1.38 bits per heavy atom. The van der Waals surface area contributed by atoms with Crippen LogP contribution in [0.15, 0.2) is 33.5 Å². The van der Waals surface area contributed by atoms with Gasteiger partial charge in [0.2, 0.25) is 5.88 Å². The van der Waals surface area contributed by atoms with Gasteiger partial charge >= 0.3 is 0 Å². The average molecular weight is 352 g/mol. The molecule has 3 rings (SSSR count). The van der Waals surface area contributed by atoms with Crippen LogP contribution in [0.3, 0.4) is 0 Å². The molecule has 0 aliphatic heterocycles. The Morgan fingerprint density at radius 2 is 2.05 bits per heavy atom. The van der Waals surface area contributed by atoms with Crippen molar-refractivity contribution in [3.63, 3.8) is 0 Å². The zero-order chi connectivity index (χ0) is 15.1. The lowest BCUT2D eigenvalue weighted by Gasteiger charge is -2.06. The Balaban J connectivity index is 2.14. The molecule has 2 heterocycles. The molecule has 0 aliphatic rings. The summed E-state index contributed by atoms with van der Waals surface area (Å²) in [6.07, 6.45) is 0.188. The van der Waals surface area contributed by atoms with E-state index < -0.39 is 5.56 Å². The van der Waals surface area contributed by atoms with E-state index in [1.165, 1.54) is 16.6 Å². The molecule has 0 amide bonds. The number of rotatable bonds is 2. The number of aromatic amines is 1. The zero-order valence-electron chi connectivity index (χ0n) is 11.0. The monoisotopic (exact) mass is 351 g/mol. The summed E-state index contributed by atoms with van der Waals surface area (Å²) in [4.78, 5) is 14.8. The molecule has 0 atom stereocenters. The largest absolute Gasteiger partial charge is 0.493 e. The fourth-order valence-corrected chi connectivity index (χ4v) is 2.49. The smallest absolute Gasteiger partial charge is 0.258 e. The normalized spacial score (nSPS) is 11.2. The summed E-state index contributed by atoms with van der Waals surface area (Å²) in [5, 5.41) is 14.4. The highest BCUT2D eigenvalue weighted by Crippen LogP contribution is 2.24. The van der Waals surface area contributed by atoms with E-state index in [0.717, 1.165) is 5.56 Å². The maximum Gasteiger partial charge on any atom is 0.258 e. The van der Waals surface area contributed by atoms with Crippen LogP contribution in [0.5, 0.6) is 5.88 Å². The maximum atomic E-state index is 12.9. The first-order chi connectivity index (χ1) is 9.97. The van der Waals surface area contributed by atoms with Gasteiger partial charge in [0.15, 0.2) is 5.65 Å². The van der Waals surface area contributed by atoms with Crippen molar-refractivity contribution < 1.29 is 9.50 Å². The summed E-state index contributed by atoms with van der Waals surface area (Å²) < 4.78 is 14.8. The van der Waals surface area contributed by atoms with Crippen LogP contribution in [-0.4, -0.2) is 19.7 Å². The molecule has 0 radical (unpaired) electrons. The zero-order valence-corrected chi connectivity index (χ0v) is 12.6. The van der Waals surface area contributed by atoms with Crippen molar-refractivity contribution in [1.29, 1.82) is 0 Å². The van der Waals surface area contributed by atoms with E-state index >= 15 is 0 Å². The summed E-state index contributed by atoms with van der Waals surface area (Å²) in [5.41, 5.74) is 1.56. The molecule has 5 nitrogen and oxygen atoms in total. The third kappa shape index (κ3) is 2.33. The van der Waals surface area contributed by atoms with E-state index in [2.05, 4.69) is 26.0 Å². The molecule has 0 saturated carbocycles. The molecule has 3 aromatic rings. The number of halogens is 2. The standard InChI is InChI=1S/C14H11BrFN3O2/c1-7-11(15)12-17-13(20)10(14(21)19(12)18-7)6-8-2-4-9(16)5-3-8/h2-5,21H,6H2,1H3,(H,17,20). The molecule has 2 N–H and O–H groups in total. The van der Waals surface area contributed by atoms with Crippen LogP contribution in [0.1, 0.15) is 16.8 Å². The predicted octanol–water partition coefficient (Wildman–Crippen LogP) is 2.53. The van der Waals surface area contributed by atoms with Gasteiger partial charge in [0.25, 0.3) is 5.56 Å². The molecule has 0 saturated heterocycles. The summed E-state index contributed by atoms with van der Waals surface area (Å²) in [6.45, 7) is 1.76. The van der Waals surface area contributed by atoms with Gasteiger partial charge in [0.1, 0.15) is 5.82 Å². The number of H-pyrrole nitrogens is 1. The highest BCUT2D eigenvalue weighted by Gasteiger charge is 2.17. The van der Waals surface area contributed by atoms with Gasteiger partial charge in [0, 0.05) is 6.42 Å². The molecule has 0 spiro atoms. The molecule has 0 fully saturated rings. The molecular formula is C14H11BrFN3O2. The summed E-state index contributed by atoms with van der Waals surface area (Å²) in [5.74, 6) is -0.564. The van der Waals surface area contributed by atoms with Crippen LogP contribution in [0.25, 0.3) is 5.65 Å². The Kier molecular flexibility index (Phi) is 3.29. The lowest BCUT2D eigenvalue weighted by molar-refractivity contribution is 0.427. The fraction of sp³-hybridized carbons (Fsp3) is 0.143. The van der Waals surface area contributed by atoms with E-state index in [0.29, 0.717) is 15.8 Å². The second-order valence-corrected chi connectivity index (χ2v) is 5.51. The number of nitrogens with one attached hydrogen (secondary N) is 1. The van der Waals surface area contributed by atoms with Crippen molar-refractivity contribution in [2.24, 2.45) is 0 Å². The van der Waals surface area contributed by atoms with Gasteiger partial charge < -0.3 is 10.1 Å². The van der Waals surface area contributed by atoms with E-state index in [1.807, 2.05) is 0 Å². The number of hydrogen-bond donors (Lipinski definition) is 2. The number of aromatic nitrogens is 3. The summed E-state index contributed by atoms with van der Waals surface area (Å²) in [6, 6.07) is 5.77. The Labute approximate surface area is 127 Å². The van der Waals surface area contributed by atoms with Crippen LogP contribution in [0.4, 0.5) is 4.39 Å².